The maximum absolute atomic E-state index is 12.6. The first-order chi connectivity index (χ1) is 14.6. The minimum absolute atomic E-state index is 0.0920. The van der Waals surface area contributed by atoms with Crippen molar-refractivity contribution in [2.24, 2.45) is 0 Å². The molecule has 0 aliphatic rings. The fourth-order valence-electron chi connectivity index (χ4n) is 2.98. The van der Waals surface area contributed by atoms with Crippen molar-refractivity contribution in [3.63, 3.8) is 0 Å². The number of pyridine rings is 1. The molecule has 0 radical (unpaired) electrons. The summed E-state index contributed by atoms with van der Waals surface area (Å²) in [5.74, 6) is 0.934. The fourth-order valence-corrected chi connectivity index (χ4v) is 2.98. The van der Waals surface area contributed by atoms with Gasteiger partial charge in [0.15, 0.2) is 0 Å². The molecule has 0 aliphatic carbocycles. The molecular formula is C23H21N5O2. The van der Waals surface area contributed by atoms with Crippen LogP contribution in [0.5, 0.6) is 5.75 Å². The summed E-state index contributed by atoms with van der Waals surface area (Å²) in [4.78, 5) is 25.4. The molecule has 4 aromatic rings. The Morgan fingerprint density at radius 2 is 1.77 bits per heavy atom. The van der Waals surface area contributed by atoms with E-state index in [9.17, 15) is 4.79 Å². The van der Waals surface area contributed by atoms with Crippen molar-refractivity contribution in [1.29, 1.82) is 0 Å². The number of fused-ring (bicyclic) bond motifs is 1. The molecule has 2 aromatic carbocycles. The maximum atomic E-state index is 12.6. The molecule has 1 amide bonds. The molecule has 7 heteroatoms. The Bertz CT molecular complexity index is 1170. The third-order valence-corrected chi connectivity index (χ3v) is 4.28. The highest BCUT2D eigenvalue weighted by Crippen LogP contribution is 2.24. The molecule has 0 saturated heterocycles. The smallest absolute Gasteiger partial charge is 0.274 e. The van der Waals surface area contributed by atoms with Crippen molar-refractivity contribution in [1.82, 2.24) is 15.0 Å². The third kappa shape index (κ3) is 4.52. The van der Waals surface area contributed by atoms with E-state index in [2.05, 4.69) is 25.6 Å². The Balaban J connectivity index is 1.49. The lowest BCUT2D eigenvalue weighted by Crippen LogP contribution is -2.14. The summed E-state index contributed by atoms with van der Waals surface area (Å²) in [5.41, 5.74) is 2.54. The average molecular weight is 399 g/mol. The largest absolute Gasteiger partial charge is 0.491 e. The number of anilines is 3. The van der Waals surface area contributed by atoms with E-state index >= 15 is 0 Å². The Hall–Kier alpha value is -4.00. The molecule has 0 unspecified atom stereocenters. The zero-order valence-corrected chi connectivity index (χ0v) is 16.7. The first kappa shape index (κ1) is 19.3. The van der Waals surface area contributed by atoms with Gasteiger partial charge < -0.3 is 15.4 Å². The number of rotatable bonds is 6. The van der Waals surface area contributed by atoms with Crippen LogP contribution >= 0.6 is 0 Å². The van der Waals surface area contributed by atoms with Gasteiger partial charge in [-0.3, -0.25) is 9.78 Å². The van der Waals surface area contributed by atoms with Crippen molar-refractivity contribution < 1.29 is 9.53 Å². The Kier molecular flexibility index (Phi) is 5.52. The number of hydrogen-bond acceptors (Lipinski definition) is 6. The van der Waals surface area contributed by atoms with Gasteiger partial charge in [-0.25, -0.2) is 9.97 Å². The number of aromatic nitrogens is 3. The normalized spacial score (nSPS) is 10.8. The van der Waals surface area contributed by atoms with Crippen LogP contribution in [-0.2, 0) is 0 Å². The standard InChI is InChI=1S/C23H21N5O2/c1-15(2)30-18-10-8-17(9-11-18)27-23(29)20-13-21(26-14-25-20)28-19-7-3-5-16-6-4-12-24-22(16)19/h3-15H,1-2H3,(H,27,29)(H,25,26,28). The third-order valence-electron chi connectivity index (χ3n) is 4.28. The number of carbonyl (C=O) groups is 1. The van der Waals surface area contributed by atoms with Gasteiger partial charge in [-0.15, -0.1) is 0 Å². The number of nitrogens with zero attached hydrogens (tertiary/aromatic N) is 3. The molecule has 7 nitrogen and oxygen atoms in total. The van der Waals surface area contributed by atoms with E-state index < -0.39 is 0 Å². The molecule has 2 aromatic heterocycles. The number of carbonyl (C=O) groups excluding carboxylic acids is 1. The van der Waals surface area contributed by atoms with Crippen LogP contribution in [-0.4, -0.2) is 27.0 Å². The molecule has 150 valence electrons. The van der Waals surface area contributed by atoms with E-state index in [0.29, 0.717) is 11.5 Å². The first-order valence-electron chi connectivity index (χ1n) is 9.59. The number of benzene rings is 2. The number of ether oxygens (including phenoxy) is 1. The van der Waals surface area contributed by atoms with Gasteiger partial charge in [0.25, 0.3) is 5.91 Å². The zero-order chi connectivity index (χ0) is 20.9. The van der Waals surface area contributed by atoms with Gasteiger partial charge in [-0.05, 0) is 50.2 Å². The first-order valence-corrected chi connectivity index (χ1v) is 9.59. The molecule has 0 fully saturated rings. The quantitative estimate of drug-likeness (QED) is 0.484. The summed E-state index contributed by atoms with van der Waals surface area (Å²) in [7, 11) is 0. The van der Waals surface area contributed by atoms with Crippen LogP contribution in [0.25, 0.3) is 10.9 Å². The predicted octanol–water partition coefficient (Wildman–Crippen LogP) is 4.81. The topological polar surface area (TPSA) is 89.0 Å². The van der Waals surface area contributed by atoms with Crippen molar-refractivity contribution in [2.75, 3.05) is 10.6 Å². The van der Waals surface area contributed by atoms with E-state index in [4.69, 9.17) is 4.74 Å². The Labute approximate surface area is 174 Å². The van der Waals surface area contributed by atoms with E-state index in [1.165, 1.54) is 6.33 Å². The molecule has 0 saturated carbocycles. The highest BCUT2D eigenvalue weighted by molar-refractivity contribution is 6.03. The summed E-state index contributed by atoms with van der Waals surface area (Å²) in [5, 5.41) is 7.07. The van der Waals surface area contributed by atoms with Gasteiger partial charge in [-0.1, -0.05) is 18.2 Å². The van der Waals surface area contributed by atoms with E-state index in [1.807, 2.05) is 56.3 Å². The Morgan fingerprint density at radius 3 is 2.57 bits per heavy atom. The Morgan fingerprint density at radius 1 is 0.967 bits per heavy atom. The second-order valence-corrected chi connectivity index (χ2v) is 6.94. The molecule has 0 spiro atoms. The van der Waals surface area contributed by atoms with Crippen molar-refractivity contribution in [3.05, 3.63) is 78.9 Å². The molecule has 0 bridgehead atoms. The lowest BCUT2D eigenvalue weighted by atomic mass is 10.2. The molecule has 0 aliphatic heterocycles. The summed E-state index contributed by atoms with van der Waals surface area (Å²) >= 11 is 0. The van der Waals surface area contributed by atoms with Crippen molar-refractivity contribution in [3.8, 4) is 5.75 Å². The van der Waals surface area contributed by atoms with E-state index in [1.54, 1.807) is 24.4 Å². The van der Waals surface area contributed by atoms with Gasteiger partial charge in [0.2, 0.25) is 0 Å². The monoisotopic (exact) mass is 399 g/mol. The van der Waals surface area contributed by atoms with E-state index in [-0.39, 0.29) is 17.7 Å². The van der Waals surface area contributed by atoms with Gasteiger partial charge in [-0.2, -0.15) is 0 Å². The van der Waals surface area contributed by atoms with Gasteiger partial charge in [0.1, 0.15) is 23.6 Å². The van der Waals surface area contributed by atoms with Crippen LogP contribution in [0.2, 0.25) is 0 Å². The van der Waals surface area contributed by atoms with Gasteiger partial charge in [0, 0.05) is 23.3 Å². The number of amides is 1. The van der Waals surface area contributed by atoms with E-state index in [0.717, 1.165) is 22.3 Å². The van der Waals surface area contributed by atoms with Gasteiger partial charge in [0.05, 0.1) is 17.3 Å². The SMILES string of the molecule is CC(C)Oc1ccc(NC(=O)c2cc(Nc3cccc4cccnc34)ncn2)cc1. The predicted molar refractivity (Wildman–Crippen MR) is 117 cm³/mol. The van der Waals surface area contributed by atoms with Crippen LogP contribution in [0.4, 0.5) is 17.2 Å². The number of nitrogens with one attached hydrogen (secondary N) is 2. The second-order valence-electron chi connectivity index (χ2n) is 6.94. The van der Waals surface area contributed by atoms with Crippen molar-refractivity contribution in [2.45, 2.75) is 20.0 Å². The molecule has 4 rings (SSSR count). The average Bonchev–Trinajstić information content (AvgIpc) is 2.75. The van der Waals surface area contributed by atoms with Crippen LogP contribution in [0.1, 0.15) is 24.3 Å². The van der Waals surface area contributed by atoms with Gasteiger partial charge >= 0.3 is 0 Å². The second kappa shape index (κ2) is 8.57. The zero-order valence-electron chi connectivity index (χ0n) is 16.7. The summed E-state index contributed by atoms with van der Waals surface area (Å²) in [6, 6.07) is 18.5. The number of hydrogen-bond donors (Lipinski definition) is 2. The minimum Gasteiger partial charge on any atom is -0.491 e. The molecule has 0 atom stereocenters. The maximum Gasteiger partial charge on any atom is 0.274 e. The van der Waals surface area contributed by atoms with Crippen LogP contribution < -0.4 is 15.4 Å². The van der Waals surface area contributed by atoms with Crippen LogP contribution in [0.3, 0.4) is 0 Å². The summed E-state index contributed by atoms with van der Waals surface area (Å²) < 4.78 is 5.61. The lowest BCUT2D eigenvalue weighted by molar-refractivity contribution is 0.102. The minimum atomic E-state index is -0.325. The highest BCUT2D eigenvalue weighted by Gasteiger charge is 2.11. The lowest BCUT2D eigenvalue weighted by Gasteiger charge is -2.11. The summed E-state index contributed by atoms with van der Waals surface area (Å²) in [6.45, 7) is 3.93. The molecule has 2 heterocycles. The highest BCUT2D eigenvalue weighted by atomic mass is 16.5. The van der Waals surface area contributed by atoms with Crippen LogP contribution in [0.15, 0.2) is 73.2 Å². The van der Waals surface area contributed by atoms with Crippen molar-refractivity contribution >= 4 is 34.0 Å². The van der Waals surface area contributed by atoms with Crippen LogP contribution in [0, 0.1) is 0 Å². The molecule has 30 heavy (non-hydrogen) atoms. The number of para-hydroxylation sites is 1. The molecular weight excluding hydrogens is 378 g/mol. The fraction of sp³-hybridized carbons (Fsp3) is 0.130. The summed E-state index contributed by atoms with van der Waals surface area (Å²) in [6.07, 6.45) is 3.19. The molecule has 2 N–H and O–H groups in total.